The van der Waals surface area contributed by atoms with Gasteiger partial charge >= 0.3 is 0 Å². The molecule has 0 aliphatic heterocycles. The van der Waals surface area contributed by atoms with Crippen LogP contribution in [-0.4, -0.2) is 26.7 Å². The van der Waals surface area contributed by atoms with Crippen molar-refractivity contribution in [1.82, 2.24) is 20.1 Å². The third kappa shape index (κ3) is 3.45. The number of hydrogen-bond acceptors (Lipinski definition) is 6. The number of nitrogens with zero attached hydrogens (tertiary/aromatic N) is 4. The van der Waals surface area contributed by atoms with Gasteiger partial charge in [0.2, 0.25) is 0 Å². The molecular weight excluding hydrogens is 266 g/mol. The Bertz CT molecular complexity index is 634. The zero-order valence-corrected chi connectivity index (χ0v) is 12.2. The molecule has 0 saturated heterocycles. The third-order valence-corrected chi connectivity index (χ3v) is 3.59. The lowest BCUT2D eigenvalue weighted by atomic mass is 9.97. The minimum Gasteiger partial charge on any atom is -0.369 e. The summed E-state index contributed by atoms with van der Waals surface area (Å²) in [6.07, 6.45) is 11.7. The SMILES string of the molecule is Cc1noc(-c2cncnc2NCCC2=CCCCC2)n1. The maximum absolute atomic E-state index is 5.19. The lowest BCUT2D eigenvalue weighted by molar-refractivity contribution is 0.425. The van der Waals surface area contributed by atoms with E-state index in [1.54, 1.807) is 13.1 Å². The third-order valence-electron chi connectivity index (χ3n) is 3.59. The number of hydrogen-bond donors (Lipinski definition) is 1. The van der Waals surface area contributed by atoms with Crippen molar-refractivity contribution in [2.24, 2.45) is 0 Å². The second-order valence-corrected chi connectivity index (χ2v) is 5.22. The van der Waals surface area contributed by atoms with Crippen LogP contribution in [0.2, 0.25) is 0 Å². The average molecular weight is 285 g/mol. The lowest BCUT2D eigenvalue weighted by Crippen LogP contribution is -2.07. The highest BCUT2D eigenvalue weighted by atomic mass is 16.5. The standard InChI is InChI=1S/C15H19N5O/c1-11-19-15(21-20-11)13-9-16-10-18-14(13)17-8-7-12-5-3-2-4-6-12/h5,9-10H,2-4,6-8H2,1H3,(H,16,17,18). The van der Waals surface area contributed by atoms with Crippen LogP contribution in [0.5, 0.6) is 0 Å². The number of aromatic nitrogens is 4. The summed E-state index contributed by atoms with van der Waals surface area (Å²) in [4.78, 5) is 12.5. The molecule has 0 saturated carbocycles. The second-order valence-electron chi connectivity index (χ2n) is 5.22. The molecule has 0 amide bonds. The van der Waals surface area contributed by atoms with Crippen LogP contribution in [0.4, 0.5) is 5.82 Å². The van der Waals surface area contributed by atoms with Crippen molar-refractivity contribution in [3.8, 4) is 11.5 Å². The number of nitrogens with one attached hydrogen (secondary N) is 1. The maximum atomic E-state index is 5.19. The quantitative estimate of drug-likeness (QED) is 0.850. The largest absolute Gasteiger partial charge is 0.369 e. The smallest absolute Gasteiger partial charge is 0.263 e. The Balaban J connectivity index is 1.66. The molecule has 2 heterocycles. The summed E-state index contributed by atoms with van der Waals surface area (Å²) in [7, 11) is 0. The van der Waals surface area contributed by atoms with Crippen LogP contribution in [0.1, 0.15) is 37.9 Å². The highest BCUT2D eigenvalue weighted by molar-refractivity contribution is 5.67. The van der Waals surface area contributed by atoms with Crippen LogP contribution in [0.3, 0.4) is 0 Å². The van der Waals surface area contributed by atoms with E-state index in [4.69, 9.17) is 4.52 Å². The minimum atomic E-state index is 0.451. The molecule has 6 heteroatoms. The molecule has 0 aromatic carbocycles. The van der Waals surface area contributed by atoms with Crippen LogP contribution >= 0.6 is 0 Å². The first-order valence-corrected chi connectivity index (χ1v) is 7.35. The Kier molecular flexibility index (Phi) is 4.23. The molecule has 110 valence electrons. The molecule has 0 spiro atoms. The monoisotopic (exact) mass is 285 g/mol. The van der Waals surface area contributed by atoms with Gasteiger partial charge in [-0.1, -0.05) is 16.8 Å². The van der Waals surface area contributed by atoms with Crippen molar-refractivity contribution in [2.75, 3.05) is 11.9 Å². The molecule has 0 atom stereocenters. The predicted molar refractivity (Wildman–Crippen MR) is 79.7 cm³/mol. The summed E-state index contributed by atoms with van der Waals surface area (Å²) in [6, 6.07) is 0. The topological polar surface area (TPSA) is 76.7 Å². The molecule has 3 rings (SSSR count). The van der Waals surface area contributed by atoms with Crippen molar-refractivity contribution < 1.29 is 4.52 Å². The highest BCUT2D eigenvalue weighted by Gasteiger charge is 2.13. The van der Waals surface area contributed by atoms with Gasteiger partial charge in [0.05, 0.1) is 0 Å². The fourth-order valence-electron chi connectivity index (χ4n) is 2.51. The van der Waals surface area contributed by atoms with E-state index in [2.05, 4.69) is 31.5 Å². The zero-order chi connectivity index (χ0) is 14.5. The van der Waals surface area contributed by atoms with Gasteiger partial charge in [0.25, 0.3) is 5.89 Å². The van der Waals surface area contributed by atoms with Crippen LogP contribution < -0.4 is 5.32 Å². The molecule has 2 aromatic rings. The van der Waals surface area contributed by atoms with E-state index in [1.807, 2.05) is 0 Å². The van der Waals surface area contributed by atoms with Gasteiger partial charge in [0.1, 0.15) is 17.7 Å². The molecule has 1 aliphatic carbocycles. The number of allylic oxidation sites excluding steroid dienone is 1. The van der Waals surface area contributed by atoms with E-state index in [-0.39, 0.29) is 0 Å². The van der Waals surface area contributed by atoms with Gasteiger partial charge in [-0.2, -0.15) is 4.98 Å². The highest BCUT2D eigenvalue weighted by Crippen LogP contribution is 2.24. The van der Waals surface area contributed by atoms with Crippen molar-refractivity contribution in [3.05, 3.63) is 30.0 Å². The van der Waals surface area contributed by atoms with Gasteiger partial charge in [-0.15, -0.1) is 0 Å². The van der Waals surface area contributed by atoms with Crippen LogP contribution in [0.15, 0.2) is 28.7 Å². The van der Waals surface area contributed by atoms with E-state index >= 15 is 0 Å². The molecule has 0 unspecified atom stereocenters. The Labute approximate surface area is 123 Å². The van der Waals surface area contributed by atoms with E-state index in [1.165, 1.54) is 37.6 Å². The first-order chi connectivity index (χ1) is 10.3. The van der Waals surface area contributed by atoms with Gasteiger partial charge in [-0.3, -0.25) is 0 Å². The van der Waals surface area contributed by atoms with Crippen LogP contribution in [0, 0.1) is 6.92 Å². The van der Waals surface area contributed by atoms with E-state index in [0.717, 1.165) is 24.3 Å². The second kappa shape index (κ2) is 6.47. The van der Waals surface area contributed by atoms with Crippen molar-refractivity contribution in [3.63, 3.8) is 0 Å². The van der Waals surface area contributed by atoms with Gasteiger partial charge in [-0.25, -0.2) is 9.97 Å². The Hall–Kier alpha value is -2.24. The fourth-order valence-corrected chi connectivity index (χ4v) is 2.51. The molecule has 1 aliphatic rings. The first kappa shape index (κ1) is 13.7. The summed E-state index contributed by atoms with van der Waals surface area (Å²) in [5.41, 5.74) is 2.29. The van der Waals surface area contributed by atoms with E-state index < -0.39 is 0 Å². The molecule has 0 radical (unpaired) electrons. The summed E-state index contributed by atoms with van der Waals surface area (Å²) in [6.45, 7) is 2.64. The normalized spacial score (nSPS) is 14.8. The van der Waals surface area contributed by atoms with Gasteiger partial charge < -0.3 is 9.84 Å². The molecule has 2 aromatic heterocycles. The molecule has 0 bridgehead atoms. The lowest BCUT2D eigenvalue weighted by Gasteiger charge is -2.13. The summed E-state index contributed by atoms with van der Waals surface area (Å²) >= 11 is 0. The van der Waals surface area contributed by atoms with Crippen molar-refractivity contribution >= 4 is 5.82 Å². The maximum Gasteiger partial charge on any atom is 0.263 e. The number of anilines is 1. The summed E-state index contributed by atoms with van der Waals surface area (Å²) in [5.74, 6) is 1.80. The zero-order valence-electron chi connectivity index (χ0n) is 12.2. The van der Waals surface area contributed by atoms with E-state index in [0.29, 0.717) is 11.7 Å². The van der Waals surface area contributed by atoms with Crippen molar-refractivity contribution in [2.45, 2.75) is 39.0 Å². The Morgan fingerprint density at radius 3 is 3.05 bits per heavy atom. The number of rotatable bonds is 5. The molecule has 1 N–H and O–H groups in total. The molecular formula is C15H19N5O. The first-order valence-electron chi connectivity index (χ1n) is 7.35. The predicted octanol–water partition coefficient (Wildman–Crippen LogP) is 3.14. The fraction of sp³-hybridized carbons (Fsp3) is 0.467. The Morgan fingerprint density at radius 1 is 1.33 bits per heavy atom. The van der Waals surface area contributed by atoms with Gasteiger partial charge in [-0.05, 0) is 39.0 Å². The number of aryl methyl sites for hydroxylation is 1. The Morgan fingerprint density at radius 2 is 2.29 bits per heavy atom. The van der Waals surface area contributed by atoms with Crippen molar-refractivity contribution in [1.29, 1.82) is 0 Å². The minimum absolute atomic E-state index is 0.451. The van der Waals surface area contributed by atoms with Crippen LogP contribution in [0.25, 0.3) is 11.5 Å². The average Bonchev–Trinajstić information content (AvgIpc) is 2.95. The summed E-state index contributed by atoms with van der Waals surface area (Å²) < 4.78 is 5.19. The van der Waals surface area contributed by atoms with E-state index in [9.17, 15) is 0 Å². The van der Waals surface area contributed by atoms with Crippen LogP contribution in [-0.2, 0) is 0 Å². The molecule has 6 nitrogen and oxygen atoms in total. The van der Waals surface area contributed by atoms with Gasteiger partial charge in [0.15, 0.2) is 5.82 Å². The molecule has 21 heavy (non-hydrogen) atoms. The summed E-state index contributed by atoms with van der Waals surface area (Å²) in [5, 5.41) is 7.16. The molecule has 0 fully saturated rings. The van der Waals surface area contributed by atoms with Gasteiger partial charge in [0, 0.05) is 12.7 Å².